The highest BCUT2D eigenvalue weighted by molar-refractivity contribution is 5.92. The predicted octanol–water partition coefficient (Wildman–Crippen LogP) is 3.13. The first-order chi connectivity index (χ1) is 11.2. The smallest absolute Gasteiger partial charge is 0.227 e. The molecule has 3 N–H and O–H groups in total. The van der Waals surface area contributed by atoms with Gasteiger partial charge in [-0.1, -0.05) is 12.5 Å². The maximum Gasteiger partial charge on any atom is 0.227 e. The molecule has 1 aromatic carbocycles. The van der Waals surface area contributed by atoms with Gasteiger partial charge in [0.15, 0.2) is 0 Å². The number of carbonyl (C=O) groups excluding carboxylic acids is 1. The van der Waals surface area contributed by atoms with Gasteiger partial charge in [-0.15, -0.1) is 0 Å². The lowest BCUT2D eigenvalue weighted by Gasteiger charge is -2.43. The first-order valence-corrected chi connectivity index (χ1v) is 8.52. The second kappa shape index (κ2) is 7.30. The normalized spacial score (nSPS) is 29.8. The van der Waals surface area contributed by atoms with Gasteiger partial charge in [0.1, 0.15) is 19.0 Å². The van der Waals surface area contributed by atoms with E-state index in [1.54, 1.807) is 18.2 Å². The zero-order chi connectivity index (χ0) is 16.2. The van der Waals surface area contributed by atoms with Gasteiger partial charge in [-0.3, -0.25) is 4.79 Å². The minimum absolute atomic E-state index is 0.0290. The van der Waals surface area contributed by atoms with Gasteiger partial charge in [-0.25, -0.2) is 4.39 Å². The number of fused-ring (bicyclic) bond motifs is 2. The topological polar surface area (TPSA) is 64.4 Å². The second-order valence-corrected chi connectivity index (χ2v) is 6.75. The van der Waals surface area contributed by atoms with Crippen LogP contribution in [0.5, 0.6) is 5.75 Å². The van der Waals surface area contributed by atoms with E-state index in [0.29, 0.717) is 23.3 Å². The summed E-state index contributed by atoms with van der Waals surface area (Å²) in [7, 11) is 0. The number of halogens is 1. The molecule has 0 aromatic heterocycles. The van der Waals surface area contributed by atoms with Crippen molar-refractivity contribution >= 4 is 11.6 Å². The quantitative estimate of drug-likeness (QED) is 0.876. The zero-order valence-corrected chi connectivity index (χ0v) is 13.3. The van der Waals surface area contributed by atoms with Gasteiger partial charge in [0, 0.05) is 23.7 Å². The Morgan fingerprint density at radius 3 is 2.74 bits per heavy atom. The van der Waals surface area contributed by atoms with E-state index in [0.717, 1.165) is 25.7 Å². The van der Waals surface area contributed by atoms with Crippen molar-refractivity contribution in [1.29, 1.82) is 0 Å². The molecule has 2 aliphatic rings. The van der Waals surface area contributed by atoms with E-state index in [-0.39, 0.29) is 24.5 Å². The molecular weight excluding hydrogens is 295 g/mol. The van der Waals surface area contributed by atoms with Gasteiger partial charge in [-0.05, 0) is 49.7 Å². The Labute approximate surface area is 136 Å². The molecule has 2 unspecified atom stereocenters. The third-order valence-electron chi connectivity index (χ3n) is 5.23. The third kappa shape index (κ3) is 3.83. The first-order valence-electron chi connectivity index (χ1n) is 8.52. The number of hydrogen-bond donors (Lipinski definition) is 2. The number of alkyl halides is 1. The maximum absolute atomic E-state index is 12.6. The second-order valence-electron chi connectivity index (χ2n) is 6.75. The van der Waals surface area contributed by atoms with E-state index >= 15 is 0 Å². The molecule has 4 nitrogen and oxygen atoms in total. The van der Waals surface area contributed by atoms with Crippen molar-refractivity contribution in [2.24, 2.45) is 23.5 Å². The summed E-state index contributed by atoms with van der Waals surface area (Å²) in [5.74, 6) is 1.65. The number of rotatable bonds is 5. The molecule has 3 rings (SSSR count). The average molecular weight is 320 g/mol. The maximum atomic E-state index is 12.6. The zero-order valence-electron chi connectivity index (χ0n) is 13.3. The number of nitrogens with two attached hydrogens (primary N) is 1. The van der Waals surface area contributed by atoms with Crippen LogP contribution >= 0.6 is 0 Å². The Kier molecular flexibility index (Phi) is 5.16. The summed E-state index contributed by atoms with van der Waals surface area (Å²) in [6, 6.07) is 7.40. The Morgan fingerprint density at radius 1 is 1.30 bits per heavy atom. The van der Waals surface area contributed by atoms with Gasteiger partial charge < -0.3 is 15.8 Å². The van der Waals surface area contributed by atoms with Gasteiger partial charge in [0.25, 0.3) is 0 Å². The highest BCUT2D eigenvalue weighted by atomic mass is 19.1. The minimum atomic E-state index is -0.526. The predicted molar refractivity (Wildman–Crippen MR) is 88.1 cm³/mol. The minimum Gasteiger partial charge on any atom is -0.491 e. The third-order valence-corrected chi connectivity index (χ3v) is 5.23. The van der Waals surface area contributed by atoms with Crippen LogP contribution < -0.4 is 15.8 Å². The van der Waals surface area contributed by atoms with Gasteiger partial charge >= 0.3 is 0 Å². The van der Waals surface area contributed by atoms with Crippen LogP contribution in [-0.4, -0.2) is 25.2 Å². The fourth-order valence-corrected chi connectivity index (χ4v) is 4.07. The van der Waals surface area contributed by atoms with Crippen LogP contribution in [0.2, 0.25) is 0 Å². The summed E-state index contributed by atoms with van der Waals surface area (Å²) in [4.78, 5) is 12.6. The van der Waals surface area contributed by atoms with Gasteiger partial charge in [-0.2, -0.15) is 0 Å². The average Bonchev–Trinajstić information content (AvgIpc) is 2.53. The largest absolute Gasteiger partial charge is 0.491 e. The number of benzene rings is 1. The summed E-state index contributed by atoms with van der Waals surface area (Å²) in [6.45, 7) is -0.497. The fourth-order valence-electron chi connectivity index (χ4n) is 4.07. The number of amides is 1. The van der Waals surface area contributed by atoms with E-state index in [1.165, 1.54) is 6.42 Å². The molecular formula is C18H25FN2O2. The molecule has 2 saturated carbocycles. The molecule has 0 radical (unpaired) electrons. The summed E-state index contributed by atoms with van der Waals surface area (Å²) in [5, 5.41) is 2.98. The lowest BCUT2D eigenvalue weighted by atomic mass is 9.65. The van der Waals surface area contributed by atoms with Gasteiger partial charge in [0.05, 0.1) is 0 Å². The number of hydrogen-bond acceptors (Lipinski definition) is 3. The molecule has 1 amide bonds. The van der Waals surface area contributed by atoms with E-state index in [1.807, 2.05) is 6.07 Å². The lowest BCUT2D eigenvalue weighted by Crippen LogP contribution is -2.48. The van der Waals surface area contributed by atoms with Crippen LogP contribution in [0.4, 0.5) is 10.1 Å². The van der Waals surface area contributed by atoms with E-state index < -0.39 is 6.67 Å². The van der Waals surface area contributed by atoms with Crippen LogP contribution in [0.25, 0.3) is 0 Å². The molecule has 2 bridgehead atoms. The van der Waals surface area contributed by atoms with Crippen molar-refractivity contribution in [3.8, 4) is 5.75 Å². The highest BCUT2D eigenvalue weighted by Crippen LogP contribution is 2.42. The van der Waals surface area contributed by atoms with E-state index in [9.17, 15) is 9.18 Å². The van der Waals surface area contributed by atoms with Crippen molar-refractivity contribution in [1.82, 2.24) is 0 Å². The van der Waals surface area contributed by atoms with Crippen LogP contribution in [0.1, 0.15) is 32.1 Å². The molecule has 2 atom stereocenters. The Hall–Kier alpha value is -1.62. The van der Waals surface area contributed by atoms with Crippen molar-refractivity contribution < 1.29 is 13.9 Å². The molecule has 1 aromatic rings. The summed E-state index contributed by atoms with van der Waals surface area (Å²) < 4.78 is 17.4. The van der Waals surface area contributed by atoms with Crippen LogP contribution in [-0.2, 0) is 4.79 Å². The lowest BCUT2D eigenvalue weighted by molar-refractivity contribution is -0.122. The Bertz CT molecular complexity index is 538. The Balaban J connectivity index is 1.61. The summed E-state index contributed by atoms with van der Waals surface area (Å²) >= 11 is 0. The number of carbonyl (C=O) groups is 1. The summed E-state index contributed by atoms with van der Waals surface area (Å²) in [6.07, 6.45) is 5.32. The van der Waals surface area contributed by atoms with Crippen molar-refractivity contribution in [3.05, 3.63) is 24.3 Å². The van der Waals surface area contributed by atoms with Crippen LogP contribution in [0.15, 0.2) is 24.3 Å². The molecule has 0 saturated heterocycles. The molecule has 0 heterocycles. The highest BCUT2D eigenvalue weighted by Gasteiger charge is 2.40. The molecule has 5 heteroatoms. The molecule has 0 aliphatic heterocycles. The van der Waals surface area contributed by atoms with Crippen molar-refractivity contribution in [3.63, 3.8) is 0 Å². The standard InChI is InChI=1S/C18H25FN2O2/c19-7-8-23-16-6-2-5-15(11-16)21-18(22)14-9-12-3-1-4-13(10-14)17(12)20/h2,5-6,11-14,17H,1,3-4,7-10,20H2,(H,21,22). The van der Waals surface area contributed by atoms with E-state index in [2.05, 4.69) is 5.32 Å². The molecule has 0 spiro atoms. The first kappa shape index (κ1) is 16.2. The van der Waals surface area contributed by atoms with E-state index in [4.69, 9.17) is 10.5 Å². The monoisotopic (exact) mass is 320 g/mol. The van der Waals surface area contributed by atoms with Crippen molar-refractivity contribution in [2.45, 2.75) is 38.1 Å². The number of anilines is 1. The molecule has 126 valence electrons. The number of ether oxygens (including phenoxy) is 1. The Morgan fingerprint density at radius 2 is 2.04 bits per heavy atom. The van der Waals surface area contributed by atoms with Gasteiger partial charge in [0.2, 0.25) is 5.91 Å². The van der Waals surface area contributed by atoms with Crippen molar-refractivity contribution in [2.75, 3.05) is 18.6 Å². The fraction of sp³-hybridized carbons (Fsp3) is 0.611. The summed E-state index contributed by atoms with van der Waals surface area (Å²) in [5.41, 5.74) is 6.99. The molecule has 2 aliphatic carbocycles. The number of nitrogens with one attached hydrogen (secondary N) is 1. The van der Waals surface area contributed by atoms with Crippen LogP contribution in [0, 0.1) is 17.8 Å². The SMILES string of the molecule is NC1C2CCCC1CC(C(=O)Nc1cccc(OCCF)c1)C2. The van der Waals surface area contributed by atoms with Crippen LogP contribution in [0.3, 0.4) is 0 Å². The molecule has 2 fully saturated rings. The molecule has 23 heavy (non-hydrogen) atoms.